The maximum atomic E-state index is 10.8. The molecule has 0 radical (unpaired) electrons. The second-order valence-corrected chi connectivity index (χ2v) is 3.70. The number of rotatable bonds is 3. The van der Waals surface area contributed by atoms with Crippen LogP contribution in [0.2, 0.25) is 0 Å². The lowest BCUT2D eigenvalue weighted by Crippen LogP contribution is -2.14. The van der Waals surface area contributed by atoms with Gasteiger partial charge in [-0.3, -0.25) is 4.79 Å². The van der Waals surface area contributed by atoms with Crippen LogP contribution in [-0.2, 0) is 14.8 Å². The molecule has 1 rings (SSSR count). The van der Waals surface area contributed by atoms with Gasteiger partial charge in [0.15, 0.2) is 5.03 Å². The first-order chi connectivity index (χ1) is 6.04. The van der Waals surface area contributed by atoms with Crippen LogP contribution in [0.1, 0.15) is 0 Å². The van der Waals surface area contributed by atoms with E-state index in [4.69, 9.17) is 5.14 Å². The van der Waals surface area contributed by atoms with E-state index >= 15 is 0 Å². The molecule has 6 nitrogen and oxygen atoms in total. The molecule has 1 aromatic rings. The van der Waals surface area contributed by atoms with Gasteiger partial charge in [0.05, 0.1) is 0 Å². The number of nitrogens with one attached hydrogen (secondary N) is 1. The molecule has 0 aliphatic carbocycles. The zero-order valence-corrected chi connectivity index (χ0v) is 7.28. The number of pyridine rings is 1. The molecule has 7 heteroatoms. The fraction of sp³-hybridized carbons (Fsp3) is 0. The number of amides is 1. The Kier molecular flexibility index (Phi) is 2.59. The van der Waals surface area contributed by atoms with Gasteiger partial charge in [0.1, 0.15) is 0 Å². The van der Waals surface area contributed by atoms with E-state index in [0.29, 0.717) is 12.1 Å². The quantitative estimate of drug-likeness (QED) is 0.631. The average Bonchev–Trinajstić information content (AvgIpc) is 2.04. The number of sulfonamides is 1. The van der Waals surface area contributed by atoms with Gasteiger partial charge in [0.25, 0.3) is 10.0 Å². The molecule has 1 heterocycles. The zero-order valence-electron chi connectivity index (χ0n) is 6.47. The van der Waals surface area contributed by atoms with Crippen LogP contribution in [0.25, 0.3) is 0 Å². The van der Waals surface area contributed by atoms with Gasteiger partial charge in [0, 0.05) is 18.0 Å². The topological polar surface area (TPSA) is 102 Å². The molecular formula is C6H7N3O3S. The lowest BCUT2D eigenvalue weighted by atomic mass is 10.4. The van der Waals surface area contributed by atoms with Crippen LogP contribution in [-0.4, -0.2) is 19.8 Å². The lowest BCUT2D eigenvalue weighted by Gasteiger charge is -1.99. The molecule has 0 aliphatic rings. The Hall–Kier alpha value is -1.47. The Morgan fingerprint density at radius 2 is 2.23 bits per heavy atom. The monoisotopic (exact) mass is 201 g/mol. The molecule has 0 fully saturated rings. The third kappa shape index (κ3) is 2.49. The number of nitrogens with two attached hydrogens (primary N) is 1. The Morgan fingerprint density at radius 3 is 2.77 bits per heavy atom. The van der Waals surface area contributed by atoms with Crippen LogP contribution in [0.3, 0.4) is 0 Å². The van der Waals surface area contributed by atoms with Gasteiger partial charge in [-0.05, 0) is 6.07 Å². The van der Waals surface area contributed by atoms with E-state index < -0.39 is 10.0 Å². The highest BCUT2D eigenvalue weighted by Gasteiger charge is 2.08. The molecule has 0 aromatic carbocycles. The summed E-state index contributed by atoms with van der Waals surface area (Å²) in [5.41, 5.74) is 0.328. The third-order valence-electron chi connectivity index (χ3n) is 1.25. The van der Waals surface area contributed by atoms with E-state index in [-0.39, 0.29) is 5.03 Å². The van der Waals surface area contributed by atoms with Gasteiger partial charge < -0.3 is 5.32 Å². The normalized spacial score (nSPS) is 10.8. The second-order valence-electron chi connectivity index (χ2n) is 2.19. The number of carbonyl (C=O) groups is 1. The summed E-state index contributed by atoms with van der Waals surface area (Å²) >= 11 is 0. The van der Waals surface area contributed by atoms with Crippen LogP contribution in [0.5, 0.6) is 0 Å². The van der Waals surface area contributed by atoms with Crippen LogP contribution in [0, 0.1) is 0 Å². The van der Waals surface area contributed by atoms with Gasteiger partial charge in [0.2, 0.25) is 6.41 Å². The highest BCUT2D eigenvalue weighted by atomic mass is 32.2. The minimum Gasteiger partial charge on any atom is -0.329 e. The number of hydrogen-bond acceptors (Lipinski definition) is 4. The molecule has 1 aromatic heterocycles. The lowest BCUT2D eigenvalue weighted by molar-refractivity contribution is -0.105. The molecule has 0 spiro atoms. The van der Waals surface area contributed by atoms with Crippen molar-refractivity contribution in [3.8, 4) is 0 Å². The maximum absolute atomic E-state index is 10.8. The molecule has 0 unspecified atom stereocenters. The number of anilines is 1. The summed E-state index contributed by atoms with van der Waals surface area (Å²) in [6.07, 6.45) is 1.67. The first kappa shape index (κ1) is 9.62. The van der Waals surface area contributed by atoms with Crippen LogP contribution in [0.4, 0.5) is 5.69 Å². The Balaban J connectivity index is 3.13. The van der Waals surface area contributed by atoms with E-state index in [1.807, 2.05) is 0 Å². The summed E-state index contributed by atoms with van der Waals surface area (Å²) in [6.45, 7) is 0. The molecule has 13 heavy (non-hydrogen) atoms. The smallest absolute Gasteiger partial charge is 0.255 e. The maximum Gasteiger partial charge on any atom is 0.255 e. The largest absolute Gasteiger partial charge is 0.329 e. The molecule has 0 aliphatic heterocycles. The standard InChI is InChI=1S/C6H7N3O3S/c7-13(11,12)6-3-5(9-4-10)1-2-8-6/h1-4H,(H2,7,11,12)(H,8,9,10). The number of carbonyl (C=O) groups excluding carboxylic acids is 1. The first-order valence-corrected chi connectivity index (χ1v) is 4.78. The van der Waals surface area contributed by atoms with E-state index in [9.17, 15) is 13.2 Å². The SMILES string of the molecule is NS(=O)(=O)c1cc(NC=O)ccn1. The van der Waals surface area contributed by atoms with Crippen molar-refractivity contribution in [2.45, 2.75) is 5.03 Å². The van der Waals surface area contributed by atoms with Crippen molar-refractivity contribution in [1.82, 2.24) is 4.98 Å². The number of nitrogens with zero attached hydrogens (tertiary/aromatic N) is 1. The minimum atomic E-state index is -3.81. The molecule has 70 valence electrons. The fourth-order valence-electron chi connectivity index (χ4n) is 0.723. The summed E-state index contributed by atoms with van der Waals surface area (Å²) in [7, 11) is -3.81. The summed E-state index contributed by atoms with van der Waals surface area (Å²) in [6, 6.07) is 2.62. The van der Waals surface area contributed by atoms with Crippen molar-refractivity contribution in [2.24, 2.45) is 5.14 Å². The molecule has 0 saturated carbocycles. The average molecular weight is 201 g/mol. The van der Waals surface area contributed by atoms with Crippen molar-refractivity contribution < 1.29 is 13.2 Å². The molecule has 3 N–H and O–H groups in total. The van der Waals surface area contributed by atoms with E-state index in [0.717, 1.165) is 0 Å². The summed E-state index contributed by atoms with van der Waals surface area (Å²) in [5, 5.41) is 6.82. The van der Waals surface area contributed by atoms with Gasteiger partial charge >= 0.3 is 0 Å². The van der Waals surface area contributed by atoms with E-state index in [1.54, 1.807) is 0 Å². The van der Waals surface area contributed by atoms with Gasteiger partial charge in [-0.15, -0.1) is 0 Å². The highest BCUT2D eigenvalue weighted by Crippen LogP contribution is 2.09. The van der Waals surface area contributed by atoms with Gasteiger partial charge in [-0.2, -0.15) is 0 Å². The molecule has 0 saturated heterocycles. The van der Waals surface area contributed by atoms with Crippen LogP contribution >= 0.6 is 0 Å². The second kappa shape index (κ2) is 3.50. The molecule has 0 bridgehead atoms. The van der Waals surface area contributed by atoms with E-state index in [1.165, 1.54) is 18.3 Å². The van der Waals surface area contributed by atoms with Crippen molar-refractivity contribution in [2.75, 3.05) is 5.32 Å². The molecule has 0 atom stereocenters. The summed E-state index contributed by atoms with van der Waals surface area (Å²) < 4.78 is 21.6. The van der Waals surface area contributed by atoms with Crippen molar-refractivity contribution >= 4 is 22.1 Å². The summed E-state index contributed by atoms with van der Waals surface area (Å²) in [4.78, 5) is 13.5. The third-order valence-corrected chi connectivity index (χ3v) is 2.06. The van der Waals surface area contributed by atoms with Crippen LogP contribution < -0.4 is 10.5 Å². The predicted molar refractivity (Wildman–Crippen MR) is 45.3 cm³/mol. The van der Waals surface area contributed by atoms with Crippen molar-refractivity contribution in [1.29, 1.82) is 0 Å². The fourth-order valence-corrected chi connectivity index (χ4v) is 1.22. The predicted octanol–water partition coefficient (Wildman–Crippen LogP) is -0.703. The minimum absolute atomic E-state index is 0.278. The Bertz CT molecular complexity index is 415. The van der Waals surface area contributed by atoms with Gasteiger partial charge in [-0.25, -0.2) is 18.5 Å². The van der Waals surface area contributed by atoms with Crippen molar-refractivity contribution in [3.63, 3.8) is 0 Å². The zero-order chi connectivity index (χ0) is 9.90. The number of hydrogen-bond donors (Lipinski definition) is 2. The van der Waals surface area contributed by atoms with Crippen LogP contribution in [0.15, 0.2) is 23.4 Å². The van der Waals surface area contributed by atoms with Crippen molar-refractivity contribution in [3.05, 3.63) is 18.3 Å². The number of aromatic nitrogens is 1. The highest BCUT2D eigenvalue weighted by molar-refractivity contribution is 7.89. The van der Waals surface area contributed by atoms with E-state index in [2.05, 4.69) is 10.3 Å². The molecular weight excluding hydrogens is 194 g/mol. The first-order valence-electron chi connectivity index (χ1n) is 3.23. The molecule has 1 amide bonds. The Morgan fingerprint density at radius 1 is 1.54 bits per heavy atom. The van der Waals surface area contributed by atoms with Gasteiger partial charge in [-0.1, -0.05) is 0 Å². The number of primary sulfonamides is 1. The Labute approximate surface area is 74.8 Å². The summed E-state index contributed by atoms with van der Waals surface area (Å²) in [5.74, 6) is 0.